The van der Waals surface area contributed by atoms with E-state index in [1.165, 1.54) is 0 Å². The number of aromatic nitrogens is 1. The molecular weight excluding hydrogens is 230 g/mol. The number of hydrogen-bond acceptors (Lipinski definition) is 4. The standard InChI is InChI=1S/C13H15N3O2/c1-18-8-6-12(17)16-11-5-4-10(14)13-9(11)3-2-7-15-13/h2-5,7H,6,8,14H2,1H3,(H,16,17). The number of nitrogens with zero attached hydrogens (tertiary/aromatic N) is 1. The van der Waals surface area contributed by atoms with Crippen molar-refractivity contribution in [1.29, 1.82) is 0 Å². The topological polar surface area (TPSA) is 77.2 Å². The van der Waals surface area contributed by atoms with E-state index < -0.39 is 0 Å². The highest BCUT2D eigenvalue weighted by atomic mass is 16.5. The van der Waals surface area contributed by atoms with Crippen molar-refractivity contribution in [3.05, 3.63) is 30.5 Å². The summed E-state index contributed by atoms with van der Waals surface area (Å²) < 4.78 is 4.86. The fourth-order valence-electron chi connectivity index (χ4n) is 1.71. The molecule has 1 heterocycles. The lowest BCUT2D eigenvalue weighted by Gasteiger charge is -2.09. The highest BCUT2D eigenvalue weighted by Gasteiger charge is 2.07. The first-order chi connectivity index (χ1) is 8.72. The molecule has 2 rings (SSSR count). The van der Waals surface area contributed by atoms with Crippen molar-refractivity contribution in [3.8, 4) is 0 Å². The van der Waals surface area contributed by atoms with Gasteiger partial charge in [0.15, 0.2) is 0 Å². The van der Waals surface area contributed by atoms with Crippen LogP contribution in [0.15, 0.2) is 30.5 Å². The molecule has 0 atom stereocenters. The second-order valence-electron chi connectivity index (χ2n) is 3.89. The molecule has 0 fully saturated rings. The number of carbonyl (C=O) groups is 1. The van der Waals surface area contributed by atoms with Crippen LogP contribution in [0.2, 0.25) is 0 Å². The zero-order valence-corrected chi connectivity index (χ0v) is 10.1. The molecule has 1 amide bonds. The van der Waals surface area contributed by atoms with Gasteiger partial charge in [0, 0.05) is 18.7 Å². The van der Waals surface area contributed by atoms with Crippen LogP contribution in [0.1, 0.15) is 6.42 Å². The number of nitrogens with two attached hydrogens (primary N) is 1. The maximum Gasteiger partial charge on any atom is 0.226 e. The highest BCUT2D eigenvalue weighted by molar-refractivity contribution is 6.04. The van der Waals surface area contributed by atoms with Gasteiger partial charge in [0.05, 0.1) is 29.9 Å². The number of nitrogens with one attached hydrogen (secondary N) is 1. The lowest BCUT2D eigenvalue weighted by molar-refractivity contribution is -0.117. The van der Waals surface area contributed by atoms with Crippen LogP contribution in [0.3, 0.4) is 0 Å². The van der Waals surface area contributed by atoms with Gasteiger partial charge >= 0.3 is 0 Å². The number of carbonyl (C=O) groups excluding carboxylic acids is 1. The third-order valence-electron chi connectivity index (χ3n) is 2.61. The molecule has 94 valence electrons. The number of ether oxygens (including phenoxy) is 1. The number of benzene rings is 1. The average molecular weight is 245 g/mol. The van der Waals surface area contributed by atoms with Gasteiger partial charge in [-0.3, -0.25) is 9.78 Å². The molecule has 0 saturated carbocycles. The van der Waals surface area contributed by atoms with Gasteiger partial charge in [-0.15, -0.1) is 0 Å². The van der Waals surface area contributed by atoms with Crippen molar-refractivity contribution in [2.24, 2.45) is 0 Å². The molecule has 0 radical (unpaired) electrons. The second kappa shape index (κ2) is 5.46. The minimum Gasteiger partial charge on any atom is -0.397 e. The summed E-state index contributed by atoms with van der Waals surface area (Å²) in [4.78, 5) is 15.9. The van der Waals surface area contributed by atoms with E-state index in [-0.39, 0.29) is 5.91 Å². The average Bonchev–Trinajstić information content (AvgIpc) is 2.40. The molecule has 1 aromatic heterocycles. The zero-order valence-electron chi connectivity index (χ0n) is 10.1. The first-order valence-corrected chi connectivity index (χ1v) is 5.64. The second-order valence-corrected chi connectivity index (χ2v) is 3.89. The van der Waals surface area contributed by atoms with Crippen LogP contribution in [-0.2, 0) is 9.53 Å². The Balaban J connectivity index is 2.29. The Morgan fingerprint density at radius 3 is 3.06 bits per heavy atom. The normalized spacial score (nSPS) is 10.5. The summed E-state index contributed by atoms with van der Waals surface area (Å²) in [5.41, 5.74) is 7.85. The van der Waals surface area contributed by atoms with Crippen molar-refractivity contribution in [2.45, 2.75) is 6.42 Å². The molecule has 0 aliphatic heterocycles. The van der Waals surface area contributed by atoms with Gasteiger partial charge in [-0.05, 0) is 24.3 Å². The van der Waals surface area contributed by atoms with Gasteiger partial charge < -0.3 is 15.8 Å². The lowest BCUT2D eigenvalue weighted by Crippen LogP contribution is -2.14. The number of methoxy groups -OCH3 is 1. The van der Waals surface area contributed by atoms with Crippen molar-refractivity contribution >= 4 is 28.2 Å². The Labute approximate surface area is 105 Å². The van der Waals surface area contributed by atoms with Crippen molar-refractivity contribution in [3.63, 3.8) is 0 Å². The van der Waals surface area contributed by atoms with Crippen LogP contribution < -0.4 is 11.1 Å². The summed E-state index contributed by atoms with van der Waals surface area (Å²) in [5, 5.41) is 3.67. The number of hydrogen-bond donors (Lipinski definition) is 2. The summed E-state index contributed by atoms with van der Waals surface area (Å²) in [6, 6.07) is 7.21. The van der Waals surface area contributed by atoms with E-state index in [9.17, 15) is 4.79 Å². The Bertz CT molecular complexity index is 569. The van der Waals surface area contributed by atoms with E-state index in [0.717, 1.165) is 5.39 Å². The predicted molar refractivity (Wildman–Crippen MR) is 71.3 cm³/mol. The number of fused-ring (bicyclic) bond motifs is 1. The molecule has 0 bridgehead atoms. The number of rotatable bonds is 4. The van der Waals surface area contributed by atoms with Crippen LogP contribution in [-0.4, -0.2) is 24.6 Å². The largest absolute Gasteiger partial charge is 0.397 e. The lowest BCUT2D eigenvalue weighted by atomic mass is 10.1. The molecule has 0 unspecified atom stereocenters. The van der Waals surface area contributed by atoms with E-state index in [2.05, 4.69) is 10.3 Å². The van der Waals surface area contributed by atoms with Crippen LogP contribution >= 0.6 is 0 Å². The number of nitrogen functional groups attached to an aromatic ring is 1. The van der Waals surface area contributed by atoms with E-state index in [4.69, 9.17) is 10.5 Å². The molecule has 1 aromatic carbocycles. The minimum atomic E-state index is -0.0909. The maximum absolute atomic E-state index is 11.7. The minimum absolute atomic E-state index is 0.0909. The summed E-state index contributed by atoms with van der Waals surface area (Å²) in [6.07, 6.45) is 2.00. The van der Waals surface area contributed by atoms with E-state index in [1.54, 1.807) is 25.4 Å². The first-order valence-electron chi connectivity index (χ1n) is 5.64. The highest BCUT2D eigenvalue weighted by Crippen LogP contribution is 2.26. The molecule has 0 saturated heterocycles. The summed E-state index contributed by atoms with van der Waals surface area (Å²) >= 11 is 0. The molecule has 0 aliphatic carbocycles. The van der Waals surface area contributed by atoms with Crippen molar-refractivity contribution in [2.75, 3.05) is 24.8 Å². The van der Waals surface area contributed by atoms with Gasteiger partial charge in [-0.2, -0.15) is 0 Å². The Kier molecular flexibility index (Phi) is 3.74. The molecular formula is C13H15N3O2. The van der Waals surface area contributed by atoms with Gasteiger partial charge in [-0.25, -0.2) is 0 Å². The molecule has 18 heavy (non-hydrogen) atoms. The number of anilines is 2. The van der Waals surface area contributed by atoms with Gasteiger partial charge in [0.1, 0.15) is 0 Å². The predicted octanol–water partition coefficient (Wildman–Crippen LogP) is 1.79. The van der Waals surface area contributed by atoms with Crippen LogP contribution in [0.25, 0.3) is 10.9 Å². The molecule has 5 heteroatoms. The molecule has 3 N–H and O–H groups in total. The fraction of sp³-hybridized carbons (Fsp3) is 0.231. The van der Waals surface area contributed by atoms with Crippen molar-refractivity contribution in [1.82, 2.24) is 4.98 Å². The molecule has 2 aromatic rings. The van der Waals surface area contributed by atoms with E-state index in [1.807, 2.05) is 12.1 Å². The zero-order chi connectivity index (χ0) is 13.0. The Morgan fingerprint density at radius 2 is 2.28 bits per heavy atom. The van der Waals surface area contributed by atoms with E-state index in [0.29, 0.717) is 29.9 Å². The van der Waals surface area contributed by atoms with Gasteiger partial charge in [0.2, 0.25) is 5.91 Å². The maximum atomic E-state index is 11.7. The van der Waals surface area contributed by atoms with E-state index >= 15 is 0 Å². The van der Waals surface area contributed by atoms with Crippen LogP contribution in [0, 0.1) is 0 Å². The van der Waals surface area contributed by atoms with Gasteiger partial charge in [0.25, 0.3) is 0 Å². The Morgan fingerprint density at radius 1 is 1.44 bits per heavy atom. The smallest absolute Gasteiger partial charge is 0.226 e. The quantitative estimate of drug-likeness (QED) is 0.805. The number of pyridine rings is 1. The first kappa shape index (κ1) is 12.3. The third-order valence-corrected chi connectivity index (χ3v) is 2.61. The monoisotopic (exact) mass is 245 g/mol. The SMILES string of the molecule is COCCC(=O)Nc1ccc(N)c2ncccc12. The van der Waals surface area contributed by atoms with Gasteiger partial charge in [-0.1, -0.05) is 0 Å². The molecule has 0 spiro atoms. The summed E-state index contributed by atoms with van der Waals surface area (Å²) in [5.74, 6) is -0.0909. The third kappa shape index (κ3) is 2.57. The molecule has 5 nitrogen and oxygen atoms in total. The van der Waals surface area contributed by atoms with Crippen LogP contribution in [0.4, 0.5) is 11.4 Å². The Hall–Kier alpha value is -2.14. The van der Waals surface area contributed by atoms with Crippen LogP contribution in [0.5, 0.6) is 0 Å². The number of amides is 1. The van der Waals surface area contributed by atoms with Crippen molar-refractivity contribution < 1.29 is 9.53 Å². The molecule has 0 aliphatic rings. The fourth-order valence-corrected chi connectivity index (χ4v) is 1.71. The summed E-state index contributed by atoms with van der Waals surface area (Å²) in [6.45, 7) is 0.400. The summed E-state index contributed by atoms with van der Waals surface area (Å²) in [7, 11) is 1.57.